The highest BCUT2D eigenvalue weighted by atomic mass is 16.3. The summed E-state index contributed by atoms with van der Waals surface area (Å²) in [6.45, 7) is 3.98. The zero-order valence-corrected chi connectivity index (χ0v) is 10.4. The molecule has 2 aromatic rings. The summed E-state index contributed by atoms with van der Waals surface area (Å²) in [6, 6.07) is 3.46. The van der Waals surface area contributed by atoms with Crippen molar-refractivity contribution in [3.63, 3.8) is 0 Å². The van der Waals surface area contributed by atoms with Gasteiger partial charge < -0.3 is 10.4 Å². The minimum Gasteiger partial charge on any atom is -0.393 e. The Morgan fingerprint density at radius 2 is 2.28 bits per heavy atom. The maximum absolute atomic E-state index is 11.9. The van der Waals surface area contributed by atoms with E-state index in [2.05, 4.69) is 15.5 Å². The Morgan fingerprint density at radius 1 is 1.50 bits per heavy atom. The van der Waals surface area contributed by atoms with Crippen molar-refractivity contribution in [3.05, 3.63) is 29.7 Å². The minimum absolute atomic E-state index is 0.161. The van der Waals surface area contributed by atoms with Gasteiger partial charge in [0.2, 0.25) is 0 Å². The Hall–Kier alpha value is -1.95. The van der Waals surface area contributed by atoms with Crippen molar-refractivity contribution in [3.8, 4) is 0 Å². The largest absolute Gasteiger partial charge is 0.393 e. The molecule has 1 unspecified atom stereocenters. The topological polar surface area (TPSA) is 79.5 Å². The Balaban J connectivity index is 2.10. The number of carbonyl (C=O) groups is 1. The number of nitrogens with one attached hydrogen (secondary N) is 1. The van der Waals surface area contributed by atoms with Crippen molar-refractivity contribution >= 4 is 11.6 Å². The van der Waals surface area contributed by atoms with E-state index < -0.39 is 6.10 Å². The standard InChI is InChI=1S/C12H16N4O2/c1-8(17)5-6-13-12(18)10-3-4-11-15-14-9(2)16(11)7-10/h3-4,7-8,17H,5-6H2,1-2H3,(H,13,18). The van der Waals surface area contributed by atoms with Gasteiger partial charge in [0.15, 0.2) is 5.65 Å². The van der Waals surface area contributed by atoms with E-state index in [0.29, 0.717) is 24.2 Å². The molecule has 0 aliphatic carbocycles. The molecule has 1 atom stereocenters. The zero-order valence-electron chi connectivity index (χ0n) is 10.4. The molecule has 0 saturated heterocycles. The van der Waals surface area contributed by atoms with E-state index in [0.717, 1.165) is 5.82 Å². The summed E-state index contributed by atoms with van der Waals surface area (Å²) in [4.78, 5) is 11.9. The summed E-state index contributed by atoms with van der Waals surface area (Å²) in [5.41, 5.74) is 1.27. The number of hydrogen-bond acceptors (Lipinski definition) is 4. The number of aliphatic hydroxyl groups excluding tert-OH is 1. The Labute approximate surface area is 105 Å². The van der Waals surface area contributed by atoms with Crippen LogP contribution in [0, 0.1) is 6.92 Å². The van der Waals surface area contributed by atoms with E-state index in [1.54, 1.807) is 29.7 Å². The molecule has 0 fully saturated rings. The number of pyridine rings is 1. The van der Waals surface area contributed by atoms with Crippen LogP contribution < -0.4 is 5.32 Å². The fraction of sp³-hybridized carbons (Fsp3) is 0.417. The van der Waals surface area contributed by atoms with E-state index in [9.17, 15) is 4.79 Å². The van der Waals surface area contributed by atoms with Crippen LogP contribution in [0.2, 0.25) is 0 Å². The number of fused-ring (bicyclic) bond motifs is 1. The average Bonchev–Trinajstić information content (AvgIpc) is 2.70. The second-order valence-electron chi connectivity index (χ2n) is 4.29. The quantitative estimate of drug-likeness (QED) is 0.827. The second-order valence-corrected chi connectivity index (χ2v) is 4.29. The molecule has 2 heterocycles. The van der Waals surface area contributed by atoms with Crippen LogP contribution in [0.3, 0.4) is 0 Å². The Bertz CT molecular complexity index is 562. The number of rotatable bonds is 4. The molecular weight excluding hydrogens is 232 g/mol. The van der Waals surface area contributed by atoms with Gasteiger partial charge in [0, 0.05) is 12.7 Å². The molecule has 6 heteroatoms. The van der Waals surface area contributed by atoms with Crippen LogP contribution in [0.15, 0.2) is 18.3 Å². The molecule has 2 rings (SSSR count). The number of aromatic nitrogens is 3. The third-order valence-corrected chi connectivity index (χ3v) is 2.68. The van der Waals surface area contributed by atoms with Gasteiger partial charge in [-0.25, -0.2) is 0 Å². The van der Waals surface area contributed by atoms with E-state index >= 15 is 0 Å². The van der Waals surface area contributed by atoms with E-state index in [-0.39, 0.29) is 5.91 Å². The van der Waals surface area contributed by atoms with Crippen LogP contribution in [-0.2, 0) is 0 Å². The fourth-order valence-corrected chi connectivity index (χ4v) is 1.64. The first-order chi connectivity index (χ1) is 8.58. The normalized spacial score (nSPS) is 12.6. The number of amides is 1. The van der Waals surface area contributed by atoms with Gasteiger partial charge in [-0.15, -0.1) is 10.2 Å². The molecule has 0 saturated carbocycles. The summed E-state index contributed by atoms with van der Waals surface area (Å²) in [6.07, 6.45) is 1.84. The number of aryl methyl sites for hydroxylation is 1. The summed E-state index contributed by atoms with van der Waals surface area (Å²) < 4.78 is 1.77. The Kier molecular flexibility index (Phi) is 3.57. The predicted molar refractivity (Wildman–Crippen MR) is 66.4 cm³/mol. The maximum Gasteiger partial charge on any atom is 0.252 e. The number of aliphatic hydroxyl groups is 1. The highest BCUT2D eigenvalue weighted by Crippen LogP contribution is 2.06. The molecule has 0 aliphatic heterocycles. The lowest BCUT2D eigenvalue weighted by molar-refractivity contribution is 0.0945. The van der Waals surface area contributed by atoms with Crippen LogP contribution in [0.4, 0.5) is 0 Å². The second kappa shape index (κ2) is 5.14. The van der Waals surface area contributed by atoms with Gasteiger partial charge >= 0.3 is 0 Å². The lowest BCUT2D eigenvalue weighted by Gasteiger charge is -2.07. The highest BCUT2D eigenvalue weighted by molar-refractivity contribution is 5.94. The minimum atomic E-state index is -0.409. The van der Waals surface area contributed by atoms with E-state index in [1.807, 2.05) is 6.92 Å². The van der Waals surface area contributed by atoms with Gasteiger partial charge in [0.25, 0.3) is 5.91 Å². The summed E-state index contributed by atoms with van der Waals surface area (Å²) in [5.74, 6) is 0.578. The first-order valence-electron chi connectivity index (χ1n) is 5.85. The smallest absolute Gasteiger partial charge is 0.252 e. The molecule has 1 amide bonds. The predicted octanol–water partition coefficient (Wildman–Crippen LogP) is 0.538. The molecule has 0 aromatic carbocycles. The summed E-state index contributed by atoms with van der Waals surface area (Å²) in [7, 11) is 0. The van der Waals surface area contributed by atoms with Crippen molar-refractivity contribution in [1.29, 1.82) is 0 Å². The first-order valence-corrected chi connectivity index (χ1v) is 5.85. The fourth-order valence-electron chi connectivity index (χ4n) is 1.64. The van der Waals surface area contributed by atoms with Crippen molar-refractivity contribution in [2.24, 2.45) is 0 Å². The van der Waals surface area contributed by atoms with Crippen molar-refractivity contribution < 1.29 is 9.90 Å². The van der Waals surface area contributed by atoms with Gasteiger partial charge in [0.05, 0.1) is 11.7 Å². The lowest BCUT2D eigenvalue weighted by Crippen LogP contribution is -2.26. The van der Waals surface area contributed by atoms with Crippen molar-refractivity contribution in [2.45, 2.75) is 26.4 Å². The van der Waals surface area contributed by atoms with Crippen LogP contribution in [0.25, 0.3) is 5.65 Å². The highest BCUT2D eigenvalue weighted by Gasteiger charge is 2.08. The third kappa shape index (κ3) is 2.65. The molecule has 18 heavy (non-hydrogen) atoms. The molecule has 96 valence electrons. The summed E-state index contributed by atoms with van der Waals surface area (Å²) >= 11 is 0. The van der Waals surface area contributed by atoms with Crippen LogP contribution in [0.5, 0.6) is 0 Å². The molecular formula is C12H16N4O2. The van der Waals surface area contributed by atoms with Gasteiger partial charge in [-0.1, -0.05) is 0 Å². The molecule has 0 bridgehead atoms. The zero-order chi connectivity index (χ0) is 13.1. The number of hydrogen-bond donors (Lipinski definition) is 2. The van der Waals surface area contributed by atoms with E-state index in [4.69, 9.17) is 5.11 Å². The molecule has 0 spiro atoms. The van der Waals surface area contributed by atoms with Gasteiger partial charge in [-0.2, -0.15) is 0 Å². The summed E-state index contributed by atoms with van der Waals surface area (Å²) in [5, 5.41) is 19.7. The van der Waals surface area contributed by atoms with Crippen LogP contribution in [0.1, 0.15) is 29.5 Å². The molecule has 6 nitrogen and oxygen atoms in total. The van der Waals surface area contributed by atoms with Crippen molar-refractivity contribution in [2.75, 3.05) is 6.54 Å². The molecule has 2 N–H and O–H groups in total. The number of carbonyl (C=O) groups excluding carboxylic acids is 1. The molecule has 0 radical (unpaired) electrons. The van der Waals surface area contributed by atoms with Gasteiger partial charge in [-0.05, 0) is 32.4 Å². The van der Waals surface area contributed by atoms with Gasteiger partial charge in [0.1, 0.15) is 5.82 Å². The van der Waals surface area contributed by atoms with Crippen molar-refractivity contribution in [1.82, 2.24) is 19.9 Å². The molecule has 0 aliphatic rings. The lowest BCUT2D eigenvalue weighted by atomic mass is 10.2. The monoisotopic (exact) mass is 248 g/mol. The Morgan fingerprint density at radius 3 is 3.00 bits per heavy atom. The third-order valence-electron chi connectivity index (χ3n) is 2.68. The molecule has 2 aromatic heterocycles. The van der Waals surface area contributed by atoms with Gasteiger partial charge in [-0.3, -0.25) is 9.20 Å². The average molecular weight is 248 g/mol. The van der Waals surface area contributed by atoms with Crippen LogP contribution in [-0.4, -0.2) is 38.3 Å². The van der Waals surface area contributed by atoms with Crippen LogP contribution >= 0.6 is 0 Å². The SMILES string of the molecule is Cc1nnc2ccc(C(=O)NCCC(C)O)cn12. The number of nitrogens with zero attached hydrogens (tertiary/aromatic N) is 3. The first kappa shape index (κ1) is 12.5. The maximum atomic E-state index is 11.9. The van der Waals surface area contributed by atoms with E-state index in [1.165, 1.54) is 0 Å².